The van der Waals surface area contributed by atoms with Crippen molar-refractivity contribution in [2.24, 2.45) is 5.73 Å². The van der Waals surface area contributed by atoms with E-state index in [0.29, 0.717) is 4.99 Å². The van der Waals surface area contributed by atoms with Crippen LogP contribution in [-0.2, 0) is 5.41 Å². The lowest BCUT2D eigenvalue weighted by Crippen LogP contribution is -2.14. The lowest BCUT2D eigenvalue weighted by molar-refractivity contribution is 0.300. The Labute approximate surface area is 122 Å². The van der Waals surface area contributed by atoms with Crippen LogP contribution < -0.4 is 10.5 Å². The van der Waals surface area contributed by atoms with Gasteiger partial charge in [0.1, 0.15) is 5.75 Å². The molecule has 0 aliphatic heterocycles. The third kappa shape index (κ3) is 5.60. The molecule has 0 heterocycles. The van der Waals surface area contributed by atoms with Gasteiger partial charge < -0.3 is 10.5 Å². The van der Waals surface area contributed by atoms with Crippen molar-refractivity contribution in [3.05, 3.63) is 29.3 Å². The number of thiocarbonyl (C=S) groups is 1. The fourth-order valence-electron chi connectivity index (χ4n) is 1.94. The fourth-order valence-corrected chi connectivity index (χ4v) is 2.08. The average molecular weight is 279 g/mol. The standard InChI is InChI=1S/C16H25NOS/c1-12-8-9-14(13(11-12)16(2,3)4)18-10-6-5-7-15(17)19/h8-9,11H,5-7,10H2,1-4H3,(H2,17,19). The van der Waals surface area contributed by atoms with Crippen molar-refractivity contribution >= 4 is 17.2 Å². The molecule has 2 nitrogen and oxygen atoms in total. The minimum absolute atomic E-state index is 0.0974. The zero-order valence-electron chi connectivity index (χ0n) is 12.5. The normalized spacial score (nSPS) is 11.4. The van der Waals surface area contributed by atoms with Crippen LogP contribution in [0.2, 0.25) is 0 Å². The summed E-state index contributed by atoms with van der Waals surface area (Å²) in [5, 5.41) is 0. The summed E-state index contributed by atoms with van der Waals surface area (Å²) in [6, 6.07) is 6.38. The van der Waals surface area contributed by atoms with Crippen molar-refractivity contribution in [2.75, 3.05) is 6.61 Å². The third-order valence-electron chi connectivity index (χ3n) is 3.02. The molecule has 19 heavy (non-hydrogen) atoms. The maximum Gasteiger partial charge on any atom is 0.123 e. The Hall–Kier alpha value is -1.09. The Morgan fingerprint density at radius 1 is 1.26 bits per heavy atom. The molecule has 0 radical (unpaired) electrons. The van der Waals surface area contributed by atoms with Gasteiger partial charge in [-0.2, -0.15) is 0 Å². The van der Waals surface area contributed by atoms with Gasteiger partial charge in [0.2, 0.25) is 0 Å². The van der Waals surface area contributed by atoms with Crippen molar-refractivity contribution in [1.82, 2.24) is 0 Å². The SMILES string of the molecule is Cc1ccc(OCCCCC(N)=S)c(C(C)(C)C)c1. The number of unbranched alkanes of at least 4 members (excludes halogenated alkanes) is 1. The number of hydrogen-bond acceptors (Lipinski definition) is 2. The number of aryl methyl sites for hydroxylation is 1. The van der Waals surface area contributed by atoms with Crippen molar-refractivity contribution in [3.8, 4) is 5.75 Å². The van der Waals surface area contributed by atoms with Gasteiger partial charge in [-0.1, -0.05) is 50.7 Å². The molecule has 0 aliphatic rings. The molecule has 1 rings (SSSR count). The fraction of sp³-hybridized carbons (Fsp3) is 0.562. The molecule has 1 aromatic rings. The number of ether oxygens (including phenoxy) is 1. The highest BCUT2D eigenvalue weighted by Crippen LogP contribution is 2.32. The van der Waals surface area contributed by atoms with E-state index in [1.807, 2.05) is 0 Å². The molecule has 106 valence electrons. The number of rotatable bonds is 6. The smallest absolute Gasteiger partial charge is 0.123 e. The van der Waals surface area contributed by atoms with Gasteiger partial charge in [0.15, 0.2) is 0 Å². The predicted molar refractivity (Wildman–Crippen MR) is 86.0 cm³/mol. The lowest BCUT2D eigenvalue weighted by Gasteiger charge is -2.23. The molecule has 0 fully saturated rings. The first-order valence-electron chi connectivity index (χ1n) is 6.83. The van der Waals surface area contributed by atoms with Gasteiger partial charge in [0.25, 0.3) is 0 Å². The lowest BCUT2D eigenvalue weighted by atomic mass is 9.85. The quantitative estimate of drug-likeness (QED) is 0.628. The molecular weight excluding hydrogens is 254 g/mol. The van der Waals surface area contributed by atoms with E-state index in [4.69, 9.17) is 22.7 Å². The van der Waals surface area contributed by atoms with Gasteiger partial charge in [-0.15, -0.1) is 0 Å². The number of hydrogen-bond donors (Lipinski definition) is 1. The highest BCUT2D eigenvalue weighted by atomic mass is 32.1. The first-order chi connectivity index (χ1) is 8.80. The molecule has 0 amide bonds. The summed E-state index contributed by atoms with van der Waals surface area (Å²) in [5.41, 5.74) is 8.11. The molecule has 0 atom stereocenters. The van der Waals surface area contributed by atoms with E-state index in [2.05, 4.69) is 45.9 Å². The first-order valence-corrected chi connectivity index (χ1v) is 7.24. The summed E-state index contributed by atoms with van der Waals surface area (Å²) in [6.45, 7) is 9.46. The summed E-state index contributed by atoms with van der Waals surface area (Å²) in [5.74, 6) is 0.994. The van der Waals surface area contributed by atoms with E-state index < -0.39 is 0 Å². The average Bonchev–Trinajstić information content (AvgIpc) is 2.28. The van der Waals surface area contributed by atoms with Crippen molar-refractivity contribution in [2.45, 2.75) is 52.4 Å². The Bertz CT molecular complexity index is 435. The van der Waals surface area contributed by atoms with Gasteiger partial charge in [0, 0.05) is 0 Å². The van der Waals surface area contributed by atoms with Crippen LogP contribution in [0, 0.1) is 6.92 Å². The van der Waals surface area contributed by atoms with E-state index in [1.165, 1.54) is 11.1 Å². The molecule has 0 aromatic heterocycles. The largest absolute Gasteiger partial charge is 0.493 e. The van der Waals surface area contributed by atoms with E-state index in [1.54, 1.807) is 0 Å². The Morgan fingerprint density at radius 2 is 1.95 bits per heavy atom. The third-order valence-corrected chi connectivity index (χ3v) is 3.22. The van der Waals surface area contributed by atoms with E-state index in [0.717, 1.165) is 31.6 Å². The Balaban J connectivity index is 2.61. The second kappa shape index (κ2) is 6.90. The van der Waals surface area contributed by atoms with Crippen molar-refractivity contribution < 1.29 is 4.74 Å². The molecule has 0 saturated carbocycles. The van der Waals surface area contributed by atoms with Gasteiger partial charge in [-0.25, -0.2) is 0 Å². The van der Waals surface area contributed by atoms with Crippen LogP contribution >= 0.6 is 12.2 Å². The highest BCUT2D eigenvalue weighted by molar-refractivity contribution is 7.80. The molecule has 3 heteroatoms. The maximum atomic E-state index is 5.92. The summed E-state index contributed by atoms with van der Waals surface area (Å²) in [4.78, 5) is 0.589. The monoisotopic (exact) mass is 279 g/mol. The molecule has 0 saturated heterocycles. The highest BCUT2D eigenvalue weighted by Gasteiger charge is 2.18. The van der Waals surface area contributed by atoms with Gasteiger partial charge in [0.05, 0.1) is 11.6 Å². The maximum absolute atomic E-state index is 5.92. The van der Waals surface area contributed by atoms with Gasteiger partial charge in [-0.3, -0.25) is 0 Å². The van der Waals surface area contributed by atoms with Crippen LogP contribution in [0.3, 0.4) is 0 Å². The summed E-state index contributed by atoms with van der Waals surface area (Å²) in [7, 11) is 0. The van der Waals surface area contributed by atoms with E-state index in [-0.39, 0.29) is 5.41 Å². The molecular formula is C16H25NOS. The number of benzene rings is 1. The van der Waals surface area contributed by atoms with E-state index in [9.17, 15) is 0 Å². The minimum atomic E-state index is 0.0974. The summed E-state index contributed by atoms with van der Waals surface area (Å²) >= 11 is 4.86. The molecule has 0 aliphatic carbocycles. The molecule has 0 spiro atoms. The summed E-state index contributed by atoms with van der Waals surface area (Å²) < 4.78 is 5.92. The zero-order valence-corrected chi connectivity index (χ0v) is 13.3. The molecule has 0 unspecified atom stereocenters. The van der Waals surface area contributed by atoms with Crippen molar-refractivity contribution in [1.29, 1.82) is 0 Å². The van der Waals surface area contributed by atoms with Gasteiger partial charge in [-0.05, 0) is 43.2 Å². The van der Waals surface area contributed by atoms with Crippen LogP contribution in [0.25, 0.3) is 0 Å². The van der Waals surface area contributed by atoms with Crippen LogP contribution in [0.4, 0.5) is 0 Å². The molecule has 1 aromatic carbocycles. The zero-order chi connectivity index (χ0) is 14.5. The van der Waals surface area contributed by atoms with Crippen LogP contribution in [-0.4, -0.2) is 11.6 Å². The van der Waals surface area contributed by atoms with Crippen LogP contribution in [0.5, 0.6) is 5.75 Å². The van der Waals surface area contributed by atoms with Gasteiger partial charge >= 0.3 is 0 Å². The van der Waals surface area contributed by atoms with Crippen LogP contribution in [0.1, 0.15) is 51.2 Å². The summed E-state index contributed by atoms with van der Waals surface area (Å²) in [6.07, 6.45) is 2.78. The van der Waals surface area contributed by atoms with Crippen LogP contribution in [0.15, 0.2) is 18.2 Å². The minimum Gasteiger partial charge on any atom is -0.493 e. The topological polar surface area (TPSA) is 35.2 Å². The second-order valence-corrected chi connectivity index (χ2v) is 6.55. The predicted octanol–water partition coefficient (Wildman–Crippen LogP) is 4.13. The van der Waals surface area contributed by atoms with E-state index >= 15 is 0 Å². The van der Waals surface area contributed by atoms with Crippen molar-refractivity contribution in [3.63, 3.8) is 0 Å². The molecule has 0 bridgehead atoms. The Morgan fingerprint density at radius 3 is 2.53 bits per heavy atom. The number of nitrogens with two attached hydrogens (primary N) is 1. The second-order valence-electron chi connectivity index (χ2n) is 6.02. The molecule has 2 N–H and O–H groups in total. The Kier molecular flexibility index (Phi) is 5.80. The first kappa shape index (κ1) is 16.0.